The minimum atomic E-state index is -1.19. The number of carboxylic acid groups (broad SMARTS) is 1. The number of rotatable bonds is 3. The van der Waals surface area contributed by atoms with Gasteiger partial charge in [0, 0.05) is 18.3 Å². The van der Waals surface area contributed by atoms with Gasteiger partial charge in [-0.3, -0.25) is 4.79 Å². The number of carbonyl (C=O) groups excluding carboxylic acids is 1. The van der Waals surface area contributed by atoms with Crippen molar-refractivity contribution >= 4 is 17.7 Å². The van der Waals surface area contributed by atoms with Gasteiger partial charge in [-0.25, -0.2) is 14.8 Å². The predicted octanol–water partition coefficient (Wildman–Crippen LogP) is 0.936. The lowest BCUT2D eigenvalue weighted by Crippen LogP contribution is -2.15. The van der Waals surface area contributed by atoms with Gasteiger partial charge in [-0.2, -0.15) is 9.78 Å². The number of hydrogen-bond donors (Lipinski definition) is 2. The Hall–Kier alpha value is -2.77. The standard InChI is InChI=1S/C12H13N5O3/c1-6-4-7(2)15-12(14-6)17-10(16-8(3)18)9(5-13-17)11(19)20/h4-5H,1-3H3,(H,16,18)(H,19,20). The van der Waals surface area contributed by atoms with Crippen molar-refractivity contribution in [2.75, 3.05) is 5.32 Å². The molecule has 2 heterocycles. The number of aromatic carboxylic acids is 1. The highest BCUT2D eigenvalue weighted by atomic mass is 16.4. The summed E-state index contributed by atoms with van der Waals surface area (Å²) in [5, 5.41) is 15.5. The number of nitrogens with zero attached hydrogens (tertiary/aromatic N) is 4. The van der Waals surface area contributed by atoms with Crippen molar-refractivity contribution in [2.24, 2.45) is 0 Å². The number of carboxylic acids is 1. The van der Waals surface area contributed by atoms with E-state index < -0.39 is 11.9 Å². The average molecular weight is 275 g/mol. The van der Waals surface area contributed by atoms with E-state index in [0.29, 0.717) is 11.4 Å². The Morgan fingerprint density at radius 2 is 1.85 bits per heavy atom. The molecule has 0 saturated heterocycles. The van der Waals surface area contributed by atoms with E-state index in [2.05, 4.69) is 20.4 Å². The topological polar surface area (TPSA) is 110 Å². The zero-order valence-corrected chi connectivity index (χ0v) is 11.2. The minimum absolute atomic E-state index is 0.0370. The van der Waals surface area contributed by atoms with E-state index in [9.17, 15) is 9.59 Å². The summed E-state index contributed by atoms with van der Waals surface area (Å²) in [7, 11) is 0. The highest BCUT2D eigenvalue weighted by molar-refractivity contribution is 5.98. The van der Waals surface area contributed by atoms with Crippen LogP contribution in [0.5, 0.6) is 0 Å². The number of amides is 1. The summed E-state index contributed by atoms with van der Waals surface area (Å²) in [6.07, 6.45) is 1.15. The van der Waals surface area contributed by atoms with Crippen LogP contribution >= 0.6 is 0 Å². The van der Waals surface area contributed by atoms with Crippen LogP contribution in [-0.2, 0) is 4.79 Å². The van der Waals surface area contributed by atoms with Gasteiger partial charge in [0.05, 0.1) is 6.20 Å². The number of hydrogen-bond acceptors (Lipinski definition) is 5. The van der Waals surface area contributed by atoms with Crippen LogP contribution in [0.3, 0.4) is 0 Å². The third-order valence-corrected chi connectivity index (χ3v) is 2.45. The Kier molecular flexibility index (Phi) is 3.47. The van der Waals surface area contributed by atoms with Gasteiger partial charge in [0.2, 0.25) is 5.91 Å². The Labute approximate surface area is 114 Å². The fourth-order valence-electron chi connectivity index (χ4n) is 1.75. The molecule has 0 atom stereocenters. The Morgan fingerprint density at radius 1 is 1.25 bits per heavy atom. The summed E-state index contributed by atoms with van der Waals surface area (Å²) in [5.74, 6) is -1.35. The fraction of sp³-hybridized carbons (Fsp3) is 0.250. The first-order chi connectivity index (χ1) is 9.38. The van der Waals surface area contributed by atoms with Crippen molar-refractivity contribution in [3.8, 4) is 5.95 Å². The molecule has 0 aromatic carbocycles. The number of aromatic nitrogens is 4. The van der Waals surface area contributed by atoms with E-state index in [4.69, 9.17) is 5.11 Å². The summed E-state index contributed by atoms with van der Waals surface area (Å²) in [4.78, 5) is 30.7. The normalized spacial score (nSPS) is 10.3. The minimum Gasteiger partial charge on any atom is -0.477 e. The molecule has 0 aliphatic heterocycles. The number of carbonyl (C=O) groups is 2. The highest BCUT2D eigenvalue weighted by Crippen LogP contribution is 2.18. The van der Waals surface area contributed by atoms with Gasteiger partial charge in [-0.15, -0.1) is 0 Å². The first-order valence-electron chi connectivity index (χ1n) is 5.80. The van der Waals surface area contributed by atoms with Crippen LogP contribution in [0, 0.1) is 13.8 Å². The number of aryl methyl sites for hydroxylation is 2. The third kappa shape index (κ3) is 2.63. The molecule has 20 heavy (non-hydrogen) atoms. The average Bonchev–Trinajstić information content (AvgIpc) is 2.70. The molecule has 2 aromatic rings. The monoisotopic (exact) mass is 275 g/mol. The summed E-state index contributed by atoms with van der Waals surface area (Å²) in [6.45, 7) is 4.86. The zero-order valence-electron chi connectivity index (χ0n) is 11.2. The molecular weight excluding hydrogens is 262 g/mol. The van der Waals surface area contributed by atoms with Crippen molar-refractivity contribution < 1.29 is 14.7 Å². The van der Waals surface area contributed by atoms with Gasteiger partial charge < -0.3 is 10.4 Å². The molecule has 0 saturated carbocycles. The van der Waals surface area contributed by atoms with E-state index >= 15 is 0 Å². The van der Waals surface area contributed by atoms with Crippen molar-refractivity contribution in [1.29, 1.82) is 0 Å². The highest BCUT2D eigenvalue weighted by Gasteiger charge is 2.20. The predicted molar refractivity (Wildman–Crippen MR) is 69.9 cm³/mol. The first kappa shape index (κ1) is 13.7. The molecule has 104 valence electrons. The van der Waals surface area contributed by atoms with Crippen LogP contribution in [0.25, 0.3) is 5.95 Å². The second-order valence-corrected chi connectivity index (χ2v) is 4.26. The SMILES string of the molecule is CC(=O)Nc1c(C(=O)O)cnn1-c1nc(C)cc(C)n1. The molecule has 1 amide bonds. The van der Waals surface area contributed by atoms with E-state index in [1.807, 2.05) is 0 Å². The van der Waals surface area contributed by atoms with Crippen LogP contribution in [0.2, 0.25) is 0 Å². The van der Waals surface area contributed by atoms with Crippen molar-refractivity contribution in [3.63, 3.8) is 0 Å². The quantitative estimate of drug-likeness (QED) is 0.862. The smallest absolute Gasteiger partial charge is 0.341 e. The first-order valence-corrected chi connectivity index (χ1v) is 5.80. The van der Waals surface area contributed by atoms with Gasteiger partial charge in [0.1, 0.15) is 5.56 Å². The Morgan fingerprint density at radius 3 is 2.35 bits per heavy atom. The molecule has 8 heteroatoms. The molecule has 0 aliphatic carbocycles. The molecule has 0 fully saturated rings. The van der Waals surface area contributed by atoms with Crippen LogP contribution in [0.1, 0.15) is 28.7 Å². The summed E-state index contributed by atoms with van der Waals surface area (Å²) in [6, 6.07) is 1.78. The van der Waals surface area contributed by atoms with Gasteiger partial charge in [-0.1, -0.05) is 0 Å². The molecule has 0 bridgehead atoms. The summed E-state index contributed by atoms with van der Waals surface area (Å²) < 4.78 is 1.20. The lowest BCUT2D eigenvalue weighted by molar-refractivity contribution is -0.114. The Balaban J connectivity index is 2.61. The molecule has 0 spiro atoms. The zero-order chi connectivity index (χ0) is 14.9. The molecule has 0 aliphatic rings. The van der Waals surface area contributed by atoms with Crippen LogP contribution in [0.4, 0.5) is 5.82 Å². The number of nitrogens with one attached hydrogen (secondary N) is 1. The Bertz CT molecular complexity index is 672. The van der Waals surface area contributed by atoms with Crippen molar-refractivity contribution in [2.45, 2.75) is 20.8 Å². The molecule has 2 N–H and O–H groups in total. The van der Waals surface area contributed by atoms with Gasteiger partial charge in [0.15, 0.2) is 5.82 Å². The van der Waals surface area contributed by atoms with E-state index in [1.165, 1.54) is 11.6 Å². The third-order valence-electron chi connectivity index (χ3n) is 2.45. The van der Waals surface area contributed by atoms with Crippen LogP contribution < -0.4 is 5.32 Å². The van der Waals surface area contributed by atoms with Crippen LogP contribution in [-0.4, -0.2) is 36.7 Å². The molecule has 0 radical (unpaired) electrons. The maximum Gasteiger partial charge on any atom is 0.341 e. The number of anilines is 1. The van der Waals surface area contributed by atoms with E-state index in [1.54, 1.807) is 19.9 Å². The molecular formula is C12H13N5O3. The largest absolute Gasteiger partial charge is 0.477 e. The lowest BCUT2D eigenvalue weighted by atomic mass is 10.3. The molecule has 0 unspecified atom stereocenters. The summed E-state index contributed by atoms with van der Waals surface area (Å²) >= 11 is 0. The van der Waals surface area contributed by atoms with E-state index in [-0.39, 0.29) is 17.3 Å². The second kappa shape index (κ2) is 5.08. The summed E-state index contributed by atoms with van der Waals surface area (Å²) in [5.41, 5.74) is 1.31. The van der Waals surface area contributed by atoms with E-state index in [0.717, 1.165) is 6.20 Å². The maximum absolute atomic E-state index is 11.2. The molecule has 8 nitrogen and oxygen atoms in total. The van der Waals surface area contributed by atoms with Crippen molar-refractivity contribution in [1.82, 2.24) is 19.7 Å². The van der Waals surface area contributed by atoms with Gasteiger partial charge >= 0.3 is 5.97 Å². The fourth-order valence-corrected chi connectivity index (χ4v) is 1.75. The lowest BCUT2D eigenvalue weighted by Gasteiger charge is -2.08. The van der Waals surface area contributed by atoms with Gasteiger partial charge in [-0.05, 0) is 19.9 Å². The molecule has 2 aromatic heterocycles. The molecule has 2 rings (SSSR count). The van der Waals surface area contributed by atoms with Crippen molar-refractivity contribution in [3.05, 3.63) is 29.2 Å². The maximum atomic E-state index is 11.2. The second-order valence-electron chi connectivity index (χ2n) is 4.26. The van der Waals surface area contributed by atoms with Gasteiger partial charge in [0.25, 0.3) is 5.95 Å². The van der Waals surface area contributed by atoms with Crippen LogP contribution in [0.15, 0.2) is 12.3 Å².